The Kier molecular flexibility index (Phi) is 4.77. The molecule has 1 aliphatic heterocycles. The fourth-order valence-corrected chi connectivity index (χ4v) is 4.17. The molecule has 1 aromatic rings. The van der Waals surface area contributed by atoms with Gasteiger partial charge in [-0.05, 0) is 44.0 Å². The lowest BCUT2D eigenvalue weighted by molar-refractivity contribution is 0.0748. The van der Waals surface area contributed by atoms with Crippen molar-refractivity contribution in [3.8, 4) is 0 Å². The van der Waals surface area contributed by atoms with Crippen molar-refractivity contribution in [2.24, 2.45) is 5.73 Å². The summed E-state index contributed by atoms with van der Waals surface area (Å²) in [5.41, 5.74) is 7.57. The highest BCUT2D eigenvalue weighted by molar-refractivity contribution is 7.93. The summed E-state index contributed by atoms with van der Waals surface area (Å²) in [6, 6.07) is 5.09. The van der Waals surface area contributed by atoms with E-state index in [-0.39, 0.29) is 17.7 Å². The summed E-state index contributed by atoms with van der Waals surface area (Å²) in [6.45, 7) is 4.61. The van der Waals surface area contributed by atoms with E-state index in [1.54, 1.807) is 30.1 Å². The SMILES string of the molecule is Cc1cc(C(=O)N(C)C(C)CN)ccc1N1CCCS1(=O)=O. The van der Waals surface area contributed by atoms with Gasteiger partial charge in [0.25, 0.3) is 5.91 Å². The van der Waals surface area contributed by atoms with Gasteiger partial charge in [0.05, 0.1) is 11.4 Å². The highest BCUT2D eigenvalue weighted by atomic mass is 32.2. The molecule has 122 valence electrons. The molecule has 1 saturated heterocycles. The van der Waals surface area contributed by atoms with Gasteiger partial charge in [-0.25, -0.2) is 8.42 Å². The normalized spacial score (nSPS) is 18.3. The van der Waals surface area contributed by atoms with Crippen molar-refractivity contribution in [3.05, 3.63) is 29.3 Å². The Bertz CT molecular complexity index is 673. The third-order valence-corrected chi connectivity index (χ3v) is 5.99. The molecular weight excluding hydrogens is 302 g/mol. The van der Waals surface area contributed by atoms with Crippen molar-refractivity contribution < 1.29 is 13.2 Å². The smallest absolute Gasteiger partial charge is 0.253 e. The van der Waals surface area contributed by atoms with Crippen molar-refractivity contribution in [3.63, 3.8) is 0 Å². The summed E-state index contributed by atoms with van der Waals surface area (Å²) in [6.07, 6.45) is 0.638. The number of aryl methyl sites for hydroxylation is 1. The van der Waals surface area contributed by atoms with Crippen LogP contribution >= 0.6 is 0 Å². The van der Waals surface area contributed by atoms with Gasteiger partial charge in [-0.1, -0.05) is 0 Å². The molecule has 2 rings (SSSR count). The minimum atomic E-state index is -3.21. The molecule has 7 heteroatoms. The largest absolute Gasteiger partial charge is 0.338 e. The number of hydrogen-bond acceptors (Lipinski definition) is 4. The van der Waals surface area contributed by atoms with E-state index in [4.69, 9.17) is 5.73 Å². The van der Waals surface area contributed by atoms with Crippen molar-refractivity contribution >= 4 is 21.6 Å². The second-order valence-corrected chi connectivity index (χ2v) is 7.76. The topological polar surface area (TPSA) is 83.7 Å². The monoisotopic (exact) mass is 325 g/mol. The number of rotatable bonds is 4. The number of amides is 1. The number of likely N-dealkylation sites (N-methyl/N-ethyl adjacent to an activating group) is 1. The van der Waals surface area contributed by atoms with Crippen LogP contribution in [0.25, 0.3) is 0 Å². The Morgan fingerprint density at radius 3 is 2.64 bits per heavy atom. The fraction of sp³-hybridized carbons (Fsp3) is 0.533. The van der Waals surface area contributed by atoms with E-state index in [0.29, 0.717) is 30.8 Å². The quantitative estimate of drug-likeness (QED) is 0.893. The van der Waals surface area contributed by atoms with Crippen LogP contribution in [0, 0.1) is 6.92 Å². The first-order valence-electron chi connectivity index (χ1n) is 7.36. The molecule has 1 heterocycles. The van der Waals surface area contributed by atoms with Gasteiger partial charge < -0.3 is 10.6 Å². The van der Waals surface area contributed by atoms with Gasteiger partial charge in [0.2, 0.25) is 10.0 Å². The number of hydrogen-bond donors (Lipinski definition) is 1. The average Bonchev–Trinajstić information content (AvgIpc) is 2.84. The molecule has 1 unspecified atom stereocenters. The first-order chi connectivity index (χ1) is 10.3. The standard InChI is InChI=1S/C15H23N3O3S/c1-11-9-13(15(19)17(3)12(2)10-16)5-6-14(11)18-7-4-8-22(18,20)21/h5-6,9,12H,4,7-8,10,16H2,1-3H3. The highest BCUT2D eigenvalue weighted by Gasteiger charge is 2.29. The van der Waals surface area contributed by atoms with E-state index in [2.05, 4.69) is 0 Å². The maximum atomic E-state index is 12.4. The Balaban J connectivity index is 2.29. The molecule has 6 nitrogen and oxygen atoms in total. The summed E-state index contributed by atoms with van der Waals surface area (Å²) in [7, 11) is -1.49. The maximum absolute atomic E-state index is 12.4. The van der Waals surface area contributed by atoms with Crippen LogP contribution < -0.4 is 10.0 Å². The van der Waals surface area contributed by atoms with Gasteiger partial charge in [0, 0.05) is 31.7 Å². The predicted molar refractivity (Wildman–Crippen MR) is 87.5 cm³/mol. The highest BCUT2D eigenvalue weighted by Crippen LogP contribution is 2.28. The number of carbonyl (C=O) groups is 1. The zero-order valence-electron chi connectivity index (χ0n) is 13.2. The molecule has 1 fully saturated rings. The number of carbonyl (C=O) groups excluding carboxylic acids is 1. The van der Waals surface area contributed by atoms with Crippen LogP contribution in [-0.4, -0.2) is 51.2 Å². The van der Waals surface area contributed by atoms with Crippen LogP contribution in [0.5, 0.6) is 0 Å². The molecule has 0 radical (unpaired) electrons. The van der Waals surface area contributed by atoms with Gasteiger partial charge in [0.1, 0.15) is 0 Å². The minimum absolute atomic E-state index is 0.0496. The Hall–Kier alpha value is -1.60. The zero-order valence-corrected chi connectivity index (χ0v) is 14.1. The predicted octanol–water partition coefficient (Wildman–Crippen LogP) is 0.954. The third kappa shape index (κ3) is 3.10. The molecule has 0 saturated carbocycles. The fourth-order valence-electron chi connectivity index (χ4n) is 2.54. The van der Waals surface area contributed by atoms with Crippen molar-refractivity contribution in [1.29, 1.82) is 0 Å². The summed E-state index contributed by atoms with van der Waals surface area (Å²) in [5, 5.41) is 0. The lowest BCUT2D eigenvalue weighted by Crippen LogP contribution is -2.39. The number of nitrogens with zero attached hydrogens (tertiary/aromatic N) is 2. The minimum Gasteiger partial charge on any atom is -0.338 e. The van der Waals surface area contributed by atoms with E-state index in [1.165, 1.54) is 4.31 Å². The second-order valence-electron chi connectivity index (χ2n) is 5.74. The second kappa shape index (κ2) is 6.26. The van der Waals surface area contributed by atoms with Crippen LogP contribution in [0.4, 0.5) is 5.69 Å². The zero-order chi connectivity index (χ0) is 16.5. The third-order valence-electron chi connectivity index (χ3n) is 4.13. The van der Waals surface area contributed by atoms with E-state index >= 15 is 0 Å². The van der Waals surface area contributed by atoms with E-state index in [1.807, 2.05) is 13.8 Å². The van der Waals surface area contributed by atoms with Crippen LogP contribution in [0.3, 0.4) is 0 Å². The number of nitrogens with two attached hydrogens (primary N) is 1. The van der Waals surface area contributed by atoms with Gasteiger partial charge in [-0.3, -0.25) is 9.10 Å². The molecule has 0 spiro atoms. The molecule has 1 amide bonds. The molecule has 0 aromatic heterocycles. The van der Waals surface area contributed by atoms with Crippen LogP contribution in [0.1, 0.15) is 29.3 Å². The van der Waals surface area contributed by atoms with Crippen molar-refractivity contribution in [2.75, 3.05) is 30.2 Å². The molecule has 22 heavy (non-hydrogen) atoms. The van der Waals surface area contributed by atoms with Gasteiger partial charge in [-0.2, -0.15) is 0 Å². The van der Waals surface area contributed by atoms with E-state index in [9.17, 15) is 13.2 Å². The Labute approximate surface area is 131 Å². The van der Waals surface area contributed by atoms with Gasteiger partial charge in [-0.15, -0.1) is 0 Å². The first-order valence-corrected chi connectivity index (χ1v) is 8.97. The summed E-state index contributed by atoms with van der Waals surface area (Å²) in [5.74, 6) is 0.0704. The Morgan fingerprint density at radius 2 is 2.14 bits per heavy atom. The summed E-state index contributed by atoms with van der Waals surface area (Å²) >= 11 is 0. The van der Waals surface area contributed by atoms with Crippen LogP contribution in [-0.2, 0) is 10.0 Å². The molecule has 0 aliphatic carbocycles. The summed E-state index contributed by atoms with van der Waals surface area (Å²) < 4.78 is 25.4. The lowest BCUT2D eigenvalue weighted by Gasteiger charge is -2.25. The van der Waals surface area contributed by atoms with Crippen molar-refractivity contribution in [2.45, 2.75) is 26.3 Å². The van der Waals surface area contributed by atoms with Gasteiger partial charge in [0.15, 0.2) is 0 Å². The molecule has 1 aromatic carbocycles. The molecule has 2 N–H and O–H groups in total. The number of benzene rings is 1. The maximum Gasteiger partial charge on any atom is 0.253 e. The van der Waals surface area contributed by atoms with Crippen molar-refractivity contribution in [1.82, 2.24) is 4.90 Å². The Morgan fingerprint density at radius 1 is 1.45 bits per heavy atom. The molecule has 1 atom stereocenters. The number of sulfonamides is 1. The van der Waals surface area contributed by atoms with Crippen LogP contribution in [0.15, 0.2) is 18.2 Å². The molecule has 0 bridgehead atoms. The van der Waals surface area contributed by atoms with E-state index in [0.717, 1.165) is 5.56 Å². The summed E-state index contributed by atoms with van der Waals surface area (Å²) in [4.78, 5) is 14.0. The lowest BCUT2D eigenvalue weighted by atomic mass is 10.1. The molecule has 1 aliphatic rings. The molecular formula is C15H23N3O3S. The van der Waals surface area contributed by atoms with Gasteiger partial charge >= 0.3 is 0 Å². The van der Waals surface area contributed by atoms with Crippen LogP contribution in [0.2, 0.25) is 0 Å². The average molecular weight is 325 g/mol. The number of anilines is 1. The van der Waals surface area contributed by atoms with E-state index < -0.39 is 10.0 Å². The first kappa shape index (κ1) is 16.8.